The Balaban J connectivity index is 1.76. The summed E-state index contributed by atoms with van der Waals surface area (Å²) in [5.74, 6) is -1.27. The molecule has 0 radical (unpaired) electrons. The van der Waals surface area contributed by atoms with Crippen LogP contribution < -0.4 is 9.64 Å². The summed E-state index contributed by atoms with van der Waals surface area (Å²) in [5, 5.41) is 11.4. The summed E-state index contributed by atoms with van der Waals surface area (Å²) in [6.07, 6.45) is 0.707. The van der Waals surface area contributed by atoms with Crippen LogP contribution in [-0.2, 0) is 14.3 Å². The first kappa shape index (κ1) is 27.6. The molecular weight excluding hydrogens is 494 g/mol. The Morgan fingerprint density at radius 2 is 1.64 bits per heavy atom. The predicted octanol–water partition coefficient (Wildman–Crippen LogP) is 6.22. The number of anilines is 1. The van der Waals surface area contributed by atoms with Crippen molar-refractivity contribution >= 4 is 29.1 Å². The molecule has 7 heteroatoms. The van der Waals surface area contributed by atoms with Crippen molar-refractivity contribution in [1.82, 2.24) is 0 Å². The van der Waals surface area contributed by atoms with Crippen LogP contribution >= 0.6 is 0 Å². The molecule has 7 nitrogen and oxygen atoms in total. The topological polar surface area (TPSA) is 93.1 Å². The number of hydrogen-bond acceptors (Lipinski definition) is 6. The minimum atomic E-state index is -0.861. The normalized spacial score (nSPS) is 16.5. The van der Waals surface area contributed by atoms with Crippen LogP contribution in [0.3, 0.4) is 0 Å². The van der Waals surface area contributed by atoms with Crippen molar-refractivity contribution in [2.24, 2.45) is 5.92 Å². The zero-order valence-electron chi connectivity index (χ0n) is 22.6. The molecule has 1 amide bonds. The molecule has 0 spiro atoms. The minimum absolute atomic E-state index is 0.00659. The Bertz CT molecular complexity index is 1390. The quantitative estimate of drug-likeness (QED) is 0.154. The first-order valence-corrected chi connectivity index (χ1v) is 13.1. The lowest BCUT2D eigenvalue weighted by atomic mass is 9.94. The number of hydrogen-bond donors (Lipinski definition) is 1. The Hall–Kier alpha value is -4.39. The fourth-order valence-corrected chi connectivity index (χ4v) is 4.42. The smallest absolute Gasteiger partial charge is 0.338 e. The second-order valence-electron chi connectivity index (χ2n) is 10.00. The van der Waals surface area contributed by atoms with E-state index in [0.29, 0.717) is 53.7 Å². The highest BCUT2D eigenvalue weighted by atomic mass is 16.5. The van der Waals surface area contributed by atoms with E-state index < -0.39 is 23.7 Å². The number of carbonyl (C=O) groups is 3. The van der Waals surface area contributed by atoms with Gasteiger partial charge >= 0.3 is 5.97 Å². The number of esters is 1. The van der Waals surface area contributed by atoms with Crippen LogP contribution in [0, 0.1) is 12.8 Å². The van der Waals surface area contributed by atoms with Gasteiger partial charge in [0.1, 0.15) is 11.5 Å². The maximum atomic E-state index is 13.4. The SMILES string of the molecule is CCCOC(=O)c1ccc(N2C(=O)C(=O)/C(=C(/O)c3ccc(OCC(C)C)cc3)C2c2cccc(C)c2)cc1. The van der Waals surface area contributed by atoms with E-state index in [1.165, 1.54) is 4.90 Å². The number of aliphatic hydroxyl groups excluding tert-OH is 1. The second kappa shape index (κ2) is 12.0. The van der Waals surface area contributed by atoms with Crippen molar-refractivity contribution in [1.29, 1.82) is 0 Å². The molecule has 0 saturated carbocycles. The highest BCUT2D eigenvalue weighted by Crippen LogP contribution is 2.42. The van der Waals surface area contributed by atoms with Crippen LogP contribution in [0.4, 0.5) is 5.69 Å². The van der Waals surface area contributed by atoms with Gasteiger partial charge in [-0.3, -0.25) is 14.5 Å². The number of Topliss-reactive ketones (excluding diaryl/α,β-unsaturated/α-hetero) is 1. The van der Waals surface area contributed by atoms with Gasteiger partial charge in [-0.1, -0.05) is 50.6 Å². The second-order valence-corrected chi connectivity index (χ2v) is 10.00. The van der Waals surface area contributed by atoms with Gasteiger partial charge < -0.3 is 14.6 Å². The Labute approximate surface area is 228 Å². The highest BCUT2D eigenvalue weighted by molar-refractivity contribution is 6.51. The lowest BCUT2D eigenvalue weighted by Crippen LogP contribution is -2.29. The van der Waals surface area contributed by atoms with Crippen LogP contribution in [0.2, 0.25) is 0 Å². The molecule has 1 aliphatic heterocycles. The first-order chi connectivity index (χ1) is 18.7. The number of amides is 1. The molecule has 1 atom stereocenters. The maximum absolute atomic E-state index is 13.4. The average molecular weight is 528 g/mol. The van der Waals surface area contributed by atoms with Crippen LogP contribution in [0.15, 0.2) is 78.4 Å². The standard InChI is InChI=1S/C32H33NO6/c1-5-17-38-32(37)23-9-13-25(14-10-23)33-28(24-8-6-7-21(4)18-24)27(30(35)31(33)36)29(34)22-11-15-26(16-12-22)39-19-20(2)3/h6-16,18,20,28,34H,5,17,19H2,1-4H3/b29-27+. The molecule has 4 rings (SSSR count). The summed E-state index contributed by atoms with van der Waals surface area (Å²) >= 11 is 0. The van der Waals surface area contributed by atoms with E-state index in [4.69, 9.17) is 9.47 Å². The number of benzene rings is 3. The van der Waals surface area contributed by atoms with E-state index in [2.05, 4.69) is 13.8 Å². The van der Waals surface area contributed by atoms with Crippen LogP contribution in [-0.4, -0.2) is 36.0 Å². The van der Waals surface area contributed by atoms with Gasteiger partial charge in [0.2, 0.25) is 0 Å². The van der Waals surface area contributed by atoms with Crippen LogP contribution in [0.25, 0.3) is 5.76 Å². The molecule has 0 aliphatic carbocycles. The first-order valence-electron chi connectivity index (χ1n) is 13.1. The number of carbonyl (C=O) groups excluding carboxylic acids is 3. The fraction of sp³-hybridized carbons (Fsp3) is 0.281. The van der Waals surface area contributed by atoms with Gasteiger partial charge in [-0.05, 0) is 73.4 Å². The Morgan fingerprint density at radius 1 is 0.974 bits per heavy atom. The van der Waals surface area contributed by atoms with E-state index >= 15 is 0 Å². The maximum Gasteiger partial charge on any atom is 0.338 e. The van der Waals surface area contributed by atoms with Crippen LogP contribution in [0.1, 0.15) is 60.3 Å². The molecule has 1 fully saturated rings. The van der Waals surface area contributed by atoms with Crippen LogP contribution in [0.5, 0.6) is 5.75 Å². The predicted molar refractivity (Wildman–Crippen MR) is 150 cm³/mol. The Morgan fingerprint density at radius 3 is 2.26 bits per heavy atom. The highest BCUT2D eigenvalue weighted by Gasteiger charge is 2.47. The van der Waals surface area contributed by atoms with Crippen molar-refractivity contribution in [3.05, 3.63) is 101 Å². The zero-order chi connectivity index (χ0) is 28.1. The van der Waals surface area contributed by atoms with Crippen molar-refractivity contribution in [3.8, 4) is 5.75 Å². The van der Waals surface area contributed by atoms with E-state index in [9.17, 15) is 19.5 Å². The molecule has 1 saturated heterocycles. The molecular formula is C32H33NO6. The van der Waals surface area contributed by atoms with Gasteiger partial charge in [0, 0.05) is 11.3 Å². The summed E-state index contributed by atoms with van der Waals surface area (Å²) < 4.78 is 10.9. The number of ketones is 1. The number of nitrogens with zero attached hydrogens (tertiary/aromatic N) is 1. The molecule has 1 aliphatic rings. The van der Waals surface area contributed by atoms with E-state index in [1.54, 1.807) is 48.5 Å². The monoisotopic (exact) mass is 527 g/mol. The molecule has 1 N–H and O–H groups in total. The molecule has 39 heavy (non-hydrogen) atoms. The van der Waals surface area contributed by atoms with E-state index in [1.807, 2.05) is 38.1 Å². The lowest BCUT2D eigenvalue weighted by molar-refractivity contribution is -0.132. The lowest BCUT2D eigenvalue weighted by Gasteiger charge is -2.26. The van der Waals surface area contributed by atoms with Gasteiger partial charge in [0.05, 0.1) is 30.4 Å². The summed E-state index contributed by atoms with van der Waals surface area (Å²) in [6.45, 7) is 8.80. The number of aryl methyl sites for hydroxylation is 1. The number of aliphatic hydroxyl groups is 1. The summed E-state index contributed by atoms with van der Waals surface area (Å²) in [5.41, 5.74) is 2.78. The van der Waals surface area contributed by atoms with Crippen molar-refractivity contribution in [2.45, 2.75) is 40.2 Å². The summed E-state index contributed by atoms with van der Waals surface area (Å²) in [7, 11) is 0. The van der Waals surface area contributed by atoms with E-state index in [0.717, 1.165) is 5.56 Å². The van der Waals surface area contributed by atoms with Gasteiger partial charge in [-0.2, -0.15) is 0 Å². The largest absolute Gasteiger partial charge is 0.507 e. The van der Waals surface area contributed by atoms with Gasteiger partial charge in [-0.15, -0.1) is 0 Å². The zero-order valence-corrected chi connectivity index (χ0v) is 22.6. The van der Waals surface area contributed by atoms with E-state index in [-0.39, 0.29) is 11.3 Å². The molecule has 1 heterocycles. The summed E-state index contributed by atoms with van der Waals surface area (Å²) in [6, 6.07) is 19.8. The van der Waals surface area contributed by atoms with Crippen molar-refractivity contribution in [3.63, 3.8) is 0 Å². The minimum Gasteiger partial charge on any atom is -0.507 e. The number of rotatable bonds is 9. The Kier molecular flexibility index (Phi) is 8.49. The molecule has 0 bridgehead atoms. The van der Waals surface area contributed by atoms with Crippen molar-refractivity contribution in [2.75, 3.05) is 18.1 Å². The third-order valence-corrected chi connectivity index (χ3v) is 6.33. The fourth-order valence-electron chi connectivity index (χ4n) is 4.42. The molecule has 202 valence electrons. The van der Waals surface area contributed by atoms with Gasteiger partial charge in [0.25, 0.3) is 11.7 Å². The molecule has 1 unspecified atom stereocenters. The third kappa shape index (κ3) is 6.03. The summed E-state index contributed by atoms with van der Waals surface area (Å²) in [4.78, 5) is 40.4. The molecule has 3 aromatic carbocycles. The molecule has 3 aromatic rings. The number of ether oxygens (including phenoxy) is 2. The third-order valence-electron chi connectivity index (χ3n) is 6.33. The molecule has 0 aromatic heterocycles. The van der Waals surface area contributed by atoms with Gasteiger partial charge in [0.15, 0.2) is 0 Å². The van der Waals surface area contributed by atoms with Crippen molar-refractivity contribution < 1.29 is 29.0 Å². The average Bonchev–Trinajstić information content (AvgIpc) is 3.20. The van der Waals surface area contributed by atoms with Gasteiger partial charge in [-0.25, -0.2) is 4.79 Å².